The summed E-state index contributed by atoms with van der Waals surface area (Å²) in [6.45, 7) is 3.84. The summed E-state index contributed by atoms with van der Waals surface area (Å²) in [4.78, 5) is 28.4. The van der Waals surface area contributed by atoms with Crippen molar-refractivity contribution in [2.75, 3.05) is 4.90 Å². The molecular formula is C23H18BrNO3S. The fourth-order valence-corrected chi connectivity index (χ4v) is 4.61. The fourth-order valence-electron chi connectivity index (χ4n) is 3.54. The summed E-state index contributed by atoms with van der Waals surface area (Å²) >= 11 is 4.90. The summed E-state index contributed by atoms with van der Waals surface area (Å²) in [5.41, 5.74) is 3.17. The molecule has 1 N–H and O–H groups in total. The number of aliphatic hydroxyl groups excluding tert-OH is 1. The van der Waals surface area contributed by atoms with Gasteiger partial charge in [0.15, 0.2) is 0 Å². The second kappa shape index (κ2) is 7.61. The van der Waals surface area contributed by atoms with Gasteiger partial charge in [0.2, 0.25) is 0 Å². The molecule has 4 nitrogen and oxygen atoms in total. The topological polar surface area (TPSA) is 57.6 Å². The van der Waals surface area contributed by atoms with Crippen molar-refractivity contribution < 1.29 is 14.7 Å². The molecule has 2 heterocycles. The minimum absolute atomic E-state index is 0.112. The van der Waals surface area contributed by atoms with Crippen molar-refractivity contribution in [2.45, 2.75) is 19.9 Å². The van der Waals surface area contributed by atoms with Gasteiger partial charge in [0.1, 0.15) is 11.8 Å². The second-order valence-corrected chi connectivity index (χ2v) is 8.82. The number of rotatable bonds is 3. The number of hydrogen-bond donors (Lipinski definition) is 1. The van der Waals surface area contributed by atoms with Crippen molar-refractivity contribution in [3.05, 3.63) is 91.6 Å². The Balaban J connectivity index is 1.94. The van der Waals surface area contributed by atoms with E-state index in [0.717, 1.165) is 20.5 Å². The second-order valence-electron chi connectivity index (χ2n) is 6.99. The zero-order valence-electron chi connectivity index (χ0n) is 15.8. The Labute approximate surface area is 181 Å². The first kappa shape index (κ1) is 19.6. The van der Waals surface area contributed by atoms with Crippen molar-refractivity contribution >= 4 is 50.4 Å². The molecule has 6 heteroatoms. The summed E-state index contributed by atoms with van der Waals surface area (Å²) in [7, 11) is 0. The van der Waals surface area contributed by atoms with E-state index in [1.54, 1.807) is 12.1 Å². The number of Topliss-reactive ketones (excluding diaryl/α,β-unsaturated/α-hetero) is 1. The van der Waals surface area contributed by atoms with E-state index in [-0.39, 0.29) is 11.3 Å². The van der Waals surface area contributed by atoms with Crippen LogP contribution in [0.2, 0.25) is 0 Å². The van der Waals surface area contributed by atoms with Gasteiger partial charge in [-0.1, -0.05) is 40.2 Å². The van der Waals surface area contributed by atoms with Gasteiger partial charge in [-0.3, -0.25) is 14.5 Å². The molecule has 0 aliphatic carbocycles. The lowest BCUT2D eigenvalue weighted by atomic mass is 9.99. The maximum absolute atomic E-state index is 13.0. The highest BCUT2D eigenvalue weighted by Crippen LogP contribution is 2.43. The van der Waals surface area contributed by atoms with Crippen molar-refractivity contribution in [1.82, 2.24) is 0 Å². The lowest BCUT2D eigenvalue weighted by Gasteiger charge is -2.24. The van der Waals surface area contributed by atoms with Crippen LogP contribution in [0.15, 0.2) is 70.0 Å². The molecule has 0 radical (unpaired) electrons. The number of carbonyl (C=O) groups is 2. The van der Waals surface area contributed by atoms with Gasteiger partial charge < -0.3 is 5.11 Å². The molecule has 0 saturated carbocycles. The number of benzene rings is 2. The van der Waals surface area contributed by atoms with Crippen LogP contribution in [-0.4, -0.2) is 16.8 Å². The third-order valence-corrected chi connectivity index (χ3v) is 6.78. The van der Waals surface area contributed by atoms with Gasteiger partial charge in [-0.15, -0.1) is 11.3 Å². The normalized spacial score (nSPS) is 18.4. The zero-order valence-corrected chi connectivity index (χ0v) is 18.3. The molecule has 0 bridgehead atoms. The highest BCUT2D eigenvalue weighted by atomic mass is 79.9. The molecule has 1 fully saturated rings. The van der Waals surface area contributed by atoms with Crippen molar-refractivity contribution in [3.63, 3.8) is 0 Å². The van der Waals surface area contributed by atoms with Crippen LogP contribution in [-0.2, 0) is 9.59 Å². The first-order valence-corrected chi connectivity index (χ1v) is 10.7. The minimum atomic E-state index is -0.678. The lowest BCUT2D eigenvalue weighted by molar-refractivity contribution is -0.132. The molecule has 4 rings (SSSR count). The SMILES string of the molecule is Cc1cccc(N2C(=O)C(=O)/C(=C(\O)c3ccc(Br)c(C)c3)C2c2cccs2)c1. The zero-order chi connectivity index (χ0) is 20.7. The smallest absolute Gasteiger partial charge is 0.300 e. The summed E-state index contributed by atoms with van der Waals surface area (Å²) in [6, 6.07) is 15.9. The Morgan fingerprint density at radius 2 is 1.86 bits per heavy atom. The van der Waals surface area contributed by atoms with Gasteiger partial charge in [-0.2, -0.15) is 0 Å². The molecular weight excluding hydrogens is 450 g/mol. The molecule has 1 atom stereocenters. The highest BCUT2D eigenvalue weighted by molar-refractivity contribution is 9.10. The average Bonchev–Trinajstić information content (AvgIpc) is 3.31. The Bertz CT molecular complexity index is 1150. The Morgan fingerprint density at radius 1 is 1.07 bits per heavy atom. The number of nitrogens with zero attached hydrogens (tertiary/aromatic N) is 1. The number of thiophene rings is 1. The summed E-state index contributed by atoms with van der Waals surface area (Å²) < 4.78 is 0.907. The first-order valence-electron chi connectivity index (χ1n) is 9.06. The number of ketones is 1. The molecule has 29 heavy (non-hydrogen) atoms. The lowest BCUT2D eigenvalue weighted by Crippen LogP contribution is -2.29. The van der Waals surface area contributed by atoms with Gasteiger partial charge in [0.25, 0.3) is 11.7 Å². The summed E-state index contributed by atoms with van der Waals surface area (Å²) in [6.07, 6.45) is 0. The quantitative estimate of drug-likeness (QED) is 0.302. The van der Waals surface area contributed by atoms with Crippen molar-refractivity contribution in [1.29, 1.82) is 0 Å². The number of carbonyl (C=O) groups excluding carboxylic acids is 2. The Morgan fingerprint density at radius 3 is 2.52 bits per heavy atom. The van der Waals surface area contributed by atoms with Crippen molar-refractivity contribution in [2.24, 2.45) is 0 Å². The van der Waals surface area contributed by atoms with E-state index < -0.39 is 17.7 Å². The average molecular weight is 468 g/mol. The number of hydrogen-bond acceptors (Lipinski definition) is 4. The van der Waals surface area contributed by atoms with E-state index >= 15 is 0 Å². The Hall–Kier alpha value is -2.70. The molecule has 0 spiro atoms. The molecule has 1 aliphatic heterocycles. The van der Waals surface area contributed by atoms with Gasteiger partial charge in [-0.25, -0.2) is 0 Å². The van der Waals surface area contributed by atoms with Gasteiger partial charge in [0, 0.05) is 20.6 Å². The molecule has 1 unspecified atom stereocenters. The minimum Gasteiger partial charge on any atom is -0.507 e. The Kier molecular flexibility index (Phi) is 5.15. The molecule has 1 aromatic heterocycles. The van der Waals surface area contributed by atoms with Crippen LogP contribution < -0.4 is 4.90 Å². The number of halogens is 1. The van der Waals surface area contributed by atoms with Crippen molar-refractivity contribution in [3.8, 4) is 0 Å². The first-order chi connectivity index (χ1) is 13.9. The van der Waals surface area contributed by atoms with E-state index in [0.29, 0.717) is 11.3 Å². The van der Waals surface area contributed by atoms with Crippen LogP contribution in [0.3, 0.4) is 0 Å². The van der Waals surface area contributed by atoms with Crippen LogP contribution in [0.5, 0.6) is 0 Å². The predicted octanol–water partition coefficient (Wildman–Crippen LogP) is 5.75. The van der Waals surface area contributed by atoms with Crippen LogP contribution >= 0.6 is 27.3 Å². The molecule has 3 aromatic rings. The van der Waals surface area contributed by atoms with Gasteiger partial charge in [-0.05, 0) is 60.7 Å². The van der Waals surface area contributed by atoms with E-state index in [2.05, 4.69) is 15.9 Å². The monoisotopic (exact) mass is 467 g/mol. The highest BCUT2D eigenvalue weighted by Gasteiger charge is 2.47. The largest absolute Gasteiger partial charge is 0.507 e. The number of aliphatic hydroxyl groups is 1. The van der Waals surface area contributed by atoms with Gasteiger partial charge >= 0.3 is 0 Å². The molecule has 1 aliphatic rings. The van der Waals surface area contributed by atoms with Gasteiger partial charge in [0.05, 0.1) is 5.57 Å². The maximum Gasteiger partial charge on any atom is 0.300 e. The molecule has 1 saturated heterocycles. The number of amides is 1. The van der Waals surface area contributed by atoms with E-state index in [1.807, 2.05) is 61.7 Å². The molecule has 2 aromatic carbocycles. The summed E-state index contributed by atoms with van der Waals surface area (Å²) in [5.74, 6) is -1.47. The molecule has 146 valence electrons. The number of anilines is 1. The fraction of sp³-hybridized carbons (Fsp3) is 0.130. The molecule has 1 amide bonds. The maximum atomic E-state index is 13.0. The third-order valence-electron chi connectivity index (χ3n) is 4.97. The summed E-state index contributed by atoms with van der Waals surface area (Å²) in [5, 5.41) is 13.0. The third kappa shape index (κ3) is 3.43. The number of aryl methyl sites for hydroxylation is 2. The standard InChI is InChI=1S/C23H18BrNO3S/c1-13-5-3-6-16(11-13)25-20(18-7-4-10-29-18)19(22(27)23(25)28)21(26)15-8-9-17(24)14(2)12-15/h3-12,20,26H,1-2H3/b21-19-. The van der Waals surface area contributed by atoms with E-state index in [9.17, 15) is 14.7 Å². The van der Waals surface area contributed by atoms with E-state index in [4.69, 9.17) is 0 Å². The van der Waals surface area contributed by atoms with Crippen LogP contribution in [0.4, 0.5) is 5.69 Å². The van der Waals surface area contributed by atoms with E-state index in [1.165, 1.54) is 16.2 Å². The van der Waals surface area contributed by atoms with Crippen LogP contribution in [0.1, 0.15) is 27.6 Å². The van der Waals surface area contributed by atoms with Crippen LogP contribution in [0, 0.1) is 13.8 Å². The predicted molar refractivity (Wildman–Crippen MR) is 119 cm³/mol. The van der Waals surface area contributed by atoms with Crippen LogP contribution in [0.25, 0.3) is 5.76 Å².